The average molecular weight is 1030 g/mol. The summed E-state index contributed by atoms with van der Waals surface area (Å²) in [5.74, 6) is -6.49. The second-order valence-corrected chi connectivity index (χ2v) is 20.0. The minimum Gasteiger partial charge on any atom is -0.481 e. The van der Waals surface area contributed by atoms with Gasteiger partial charge < -0.3 is 90.3 Å². The van der Waals surface area contributed by atoms with Crippen molar-refractivity contribution in [3.8, 4) is 0 Å². The Hall–Kier alpha value is -3.26. The molecule has 20 heteroatoms. The van der Waals surface area contributed by atoms with Crippen LogP contribution in [0, 0.1) is 17.8 Å². The Morgan fingerprint density at radius 2 is 1.32 bits per heavy atom. The van der Waals surface area contributed by atoms with Gasteiger partial charge in [0, 0.05) is 37.5 Å². The number of allylic oxidation sites excluding steroid dienone is 10. The van der Waals surface area contributed by atoms with Gasteiger partial charge in [0.05, 0.1) is 86.2 Å². The Morgan fingerprint density at radius 1 is 0.694 bits per heavy atom. The van der Waals surface area contributed by atoms with E-state index in [-0.39, 0.29) is 57.5 Å². The van der Waals surface area contributed by atoms with E-state index in [1.165, 1.54) is 0 Å². The molecular formula is C52H83NO19. The summed E-state index contributed by atoms with van der Waals surface area (Å²) in [6, 6.07) is -1.11. The van der Waals surface area contributed by atoms with E-state index in [0.717, 1.165) is 12.8 Å². The molecule has 0 amide bonds. The maximum absolute atomic E-state index is 13.1. The molecule has 4 aliphatic heterocycles. The van der Waals surface area contributed by atoms with Crippen molar-refractivity contribution in [2.75, 3.05) is 6.61 Å². The van der Waals surface area contributed by atoms with E-state index in [2.05, 4.69) is 0 Å². The number of esters is 1. The van der Waals surface area contributed by atoms with Crippen LogP contribution in [0.25, 0.3) is 0 Å². The van der Waals surface area contributed by atoms with Crippen molar-refractivity contribution < 1.29 is 94.2 Å². The van der Waals surface area contributed by atoms with Crippen LogP contribution in [0.3, 0.4) is 0 Å². The van der Waals surface area contributed by atoms with Crippen molar-refractivity contribution in [1.29, 1.82) is 0 Å². The van der Waals surface area contributed by atoms with Crippen LogP contribution in [0.1, 0.15) is 105 Å². The Labute approximate surface area is 422 Å². The van der Waals surface area contributed by atoms with Crippen molar-refractivity contribution >= 4 is 11.9 Å². The molecule has 4 heterocycles. The van der Waals surface area contributed by atoms with E-state index in [1.54, 1.807) is 44.2 Å². The van der Waals surface area contributed by atoms with Gasteiger partial charge in [-0.2, -0.15) is 0 Å². The lowest BCUT2D eigenvalue weighted by atomic mass is 9.83. The molecule has 0 spiro atoms. The van der Waals surface area contributed by atoms with Crippen LogP contribution >= 0.6 is 0 Å². The first-order chi connectivity index (χ1) is 34.1. The molecule has 72 heavy (non-hydrogen) atoms. The van der Waals surface area contributed by atoms with E-state index < -0.39 is 153 Å². The van der Waals surface area contributed by atoms with Crippen LogP contribution in [-0.4, -0.2) is 185 Å². The minimum absolute atomic E-state index is 0.0346. The van der Waals surface area contributed by atoms with E-state index in [4.69, 9.17) is 34.2 Å². The summed E-state index contributed by atoms with van der Waals surface area (Å²) in [5, 5.41) is 118. The number of aliphatic carboxylic acids is 1. The number of carbonyl (C=O) groups excluding carboxylic acids is 1. The quantitative estimate of drug-likeness (QED) is 0.173. The number of hydrogen-bond acceptors (Lipinski definition) is 19. The van der Waals surface area contributed by atoms with Crippen LogP contribution in [-0.2, 0) is 38.0 Å². The summed E-state index contributed by atoms with van der Waals surface area (Å²) < 4.78 is 35.6. The van der Waals surface area contributed by atoms with Gasteiger partial charge in [-0.3, -0.25) is 9.59 Å². The molecule has 0 aromatic carbocycles. The third kappa shape index (κ3) is 20.1. The molecule has 0 radical (unpaired) electrons. The predicted octanol–water partition coefficient (Wildman–Crippen LogP) is 1.46. The van der Waals surface area contributed by atoms with Crippen LogP contribution in [0.4, 0.5) is 0 Å². The normalized spacial score (nSPS) is 45.3. The predicted molar refractivity (Wildman–Crippen MR) is 261 cm³/mol. The summed E-state index contributed by atoms with van der Waals surface area (Å²) in [7, 11) is 0. The highest BCUT2D eigenvalue weighted by Gasteiger charge is 2.50. The van der Waals surface area contributed by atoms with Crippen molar-refractivity contribution in [1.82, 2.24) is 0 Å². The fourth-order valence-corrected chi connectivity index (χ4v) is 9.42. The molecule has 410 valence electrons. The molecule has 13 N–H and O–H groups in total. The van der Waals surface area contributed by atoms with E-state index in [9.17, 15) is 65.8 Å². The summed E-state index contributed by atoms with van der Waals surface area (Å²) in [6.45, 7) is 6.89. The molecule has 0 saturated carbocycles. The number of nitrogens with two attached hydrogens (primary N) is 1. The number of ether oxygens (including phenoxy) is 6. The van der Waals surface area contributed by atoms with Gasteiger partial charge in [0.2, 0.25) is 0 Å². The lowest BCUT2D eigenvalue weighted by Gasteiger charge is -2.45. The number of aliphatic hydroxyl groups is 10. The van der Waals surface area contributed by atoms with Crippen molar-refractivity contribution in [3.05, 3.63) is 72.9 Å². The van der Waals surface area contributed by atoms with Gasteiger partial charge in [0.1, 0.15) is 24.2 Å². The van der Waals surface area contributed by atoms with Crippen LogP contribution in [0.5, 0.6) is 0 Å². The molecule has 0 aromatic rings. The van der Waals surface area contributed by atoms with Gasteiger partial charge in [0.15, 0.2) is 18.4 Å². The van der Waals surface area contributed by atoms with Gasteiger partial charge in [0.25, 0.3) is 0 Å². The van der Waals surface area contributed by atoms with Crippen LogP contribution in [0.2, 0.25) is 0 Å². The zero-order valence-corrected chi connectivity index (χ0v) is 41.9. The SMILES string of the molecule is CC1/C=C/C=C/CC/C=C/C=C/C=C/C=C/C(OC2OC[C@@H](O)[C@H](N)[C@@H]2O)CC2OC(O)(CC(O)CCCC(O)CC(O)CC(O)CC(=O)OC(C)C(C)C1OC1C[C@@H](O)C(O)[C@H](C)O1)CC(O)C2C(=O)O. The summed E-state index contributed by atoms with van der Waals surface area (Å²) in [6.07, 6.45) is 3.84. The zero-order chi connectivity index (χ0) is 53.1. The fourth-order valence-electron chi connectivity index (χ4n) is 9.42. The largest absolute Gasteiger partial charge is 0.481 e. The average Bonchev–Trinajstić information content (AvgIpc) is 3.28. The molecule has 0 aliphatic carbocycles. The molecule has 21 atom stereocenters. The molecule has 3 fully saturated rings. The van der Waals surface area contributed by atoms with Crippen molar-refractivity contribution in [2.24, 2.45) is 23.5 Å². The van der Waals surface area contributed by atoms with Gasteiger partial charge in [-0.25, -0.2) is 0 Å². The van der Waals surface area contributed by atoms with E-state index >= 15 is 0 Å². The zero-order valence-electron chi connectivity index (χ0n) is 41.9. The first-order valence-corrected chi connectivity index (χ1v) is 25.4. The molecule has 4 aliphatic rings. The number of rotatable bonds is 5. The number of carboxylic acid groups (broad SMARTS) is 1. The second-order valence-electron chi connectivity index (χ2n) is 20.0. The first kappa shape index (κ1) is 61.3. The third-order valence-corrected chi connectivity index (χ3v) is 13.7. The maximum atomic E-state index is 13.1. The lowest BCUT2D eigenvalue weighted by molar-refractivity contribution is -0.305. The highest BCUT2D eigenvalue weighted by molar-refractivity contribution is 5.71. The molecule has 0 aromatic heterocycles. The Balaban J connectivity index is 1.52. The lowest BCUT2D eigenvalue weighted by Crippen LogP contribution is -2.59. The highest BCUT2D eigenvalue weighted by Crippen LogP contribution is 2.38. The number of aliphatic hydroxyl groups excluding tert-OH is 9. The van der Waals surface area contributed by atoms with Crippen LogP contribution < -0.4 is 5.73 Å². The number of fused-ring (bicyclic) bond motifs is 2. The Bertz CT molecular complexity index is 1800. The number of hydrogen-bond donors (Lipinski definition) is 12. The third-order valence-electron chi connectivity index (χ3n) is 13.7. The number of carboxylic acids is 1. The second kappa shape index (κ2) is 30.3. The van der Waals surface area contributed by atoms with E-state index in [1.807, 2.05) is 56.4 Å². The molecule has 4 rings (SSSR count). The fraction of sp³-hybridized carbons (Fsp3) is 0.731. The van der Waals surface area contributed by atoms with Crippen LogP contribution in [0.15, 0.2) is 72.9 Å². The summed E-state index contributed by atoms with van der Waals surface area (Å²) >= 11 is 0. The molecule has 20 nitrogen and oxygen atoms in total. The van der Waals surface area contributed by atoms with Gasteiger partial charge in [-0.1, -0.05) is 86.8 Å². The molecular weight excluding hydrogens is 943 g/mol. The molecule has 2 bridgehead atoms. The van der Waals surface area contributed by atoms with Gasteiger partial charge in [-0.05, 0) is 58.8 Å². The number of cyclic esters (lactones) is 1. The smallest absolute Gasteiger partial charge is 0.311 e. The molecule has 3 saturated heterocycles. The van der Waals surface area contributed by atoms with E-state index in [0.29, 0.717) is 0 Å². The topological polar surface area (TPSA) is 338 Å². The van der Waals surface area contributed by atoms with Gasteiger partial charge in [-0.15, -0.1) is 0 Å². The maximum Gasteiger partial charge on any atom is 0.311 e. The molecule has 16 unspecified atom stereocenters. The Kier molecular flexibility index (Phi) is 25.8. The standard InChI is InChI=1S/C52H83NO19/c1-30-18-15-13-11-9-7-5-6-8-10-12-14-16-21-38(70-51-48(63)46(53)41(60)29-67-51)25-42-45(50(64)65)40(59)28-52(66,72-42)27-35(55)20-17-19-34(54)22-36(56)23-37(57)24-43(61)68-32(3)31(2)49(30)71-44-26-39(58)47(62)33(4)69-44/h5-6,8,10-16,18,21,30-42,44-49,51,54-60,62-63,66H,7,9,17,19-20,22-29,53H2,1-4H3,(H,64,65)/b6-5+,10-8+,13-11+,14-12+,18-15+,21-16+/t30?,31?,32?,33-,34?,35?,36?,37?,38?,39+,40?,41+,42?,44?,45?,46-,47?,48-,49?,51?,52?/m0/s1. The minimum atomic E-state index is -2.19. The van der Waals surface area contributed by atoms with Crippen molar-refractivity contribution in [2.45, 2.75) is 215 Å². The van der Waals surface area contributed by atoms with Gasteiger partial charge >= 0.3 is 11.9 Å². The first-order valence-electron chi connectivity index (χ1n) is 25.4. The number of carbonyl (C=O) groups is 2. The Morgan fingerprint density at radius 3 is 2.00 bits per heavy atom. The highest BCUT2D eigenvalue weighted by atomic mass is 16.7. The van der Waals surface area contributed by atoms with Crippen molar-refractivity contribution in [3.63, 3.8) is 0 Å². The summed E-state index contributed by atoms with van der Waals surface area (Å²) in [4.78, 5) is 25.5. The monoisotopic (exact) mass is 1030 g/mol. The summed E-state index contributed by atoms with van der Waals surface area (Å²) in [5.41, 5.74) is 5.96.